The molecule has 1 atom stereocenters. The molecule has 0 saturated carbocycles. The summed E-state index contributed by atoms with van der Waals surface area (Å²) in [6, 6.07) is 2.58. The molecule has 0 radical (unpaired) electrons. The molecule has 26 heavy (non-hydrogen) atoms. The predicted molar refractivity (Wildman–Crippen MR) is 118 cm³/mol. The zero-order valence-corrected chi connectivity index (χ0v) is 19.2. The van der Waals surface area contributed by atoms with Gasteiger partial charge in [0.1, 0.15) is 0 Å². The molecular weight excluding hydrogens is 441 g/mol. The van der Waals surface area contributed by atoms with Gasteiger partial charge in [0.2, 0.25) is 0 Å². The Hall–Kier alpha value is -0.830. The van der Waals surface area contributed by atoms with Gasteiger partial charge in [-0.3, -0.25) is 9.89 Å². The van der Waals surface area contributed by atoms with Crippen LogP contribution in [0.15, 0.2) is 15.6 Å². The second kappa shape index (κ2) is 11.8. The van der Waals surface area contributed by atoms with Crippen LogP contribution >= 0.6 is 24.0 Å². The highest BCUT2D eigenvalue weighted by atomic mass is 127. The second-order valence-corrected chi connectivity index (χ2v) is 7.71. The van der Waals surface area contributed by atoms with E-state index in [-0.39, 0.29) is 24.0 Å². The van der Waals surface area contributed by atoms with Crippen LogP contribution in [0.1, 0.15) is 64.3 Å². The van der Waals surface area contributed by atoms with E-state index < -0.39 is 0 Å². The molecule has 1 fully saturated rings. The Balaban J connectivity index is 0.00000338. The van der Waals surface area contributed by atoms with Gasteiger partial charge < -0.3 is 15.2 Å². The summed E-state index contributed by atoms with van der Waals surface area (Å²) < 4.78 is 5.38. The molecule has 1 aromatic rings. The van der Waals surface area contributed by atoms with Gasteiger partial charge in [-0.2, -0.15) is 0 Å². The summed E-state index contributed by atoms with van der Waals surface area (Å²) in [7, 11) is 1.81. The van der Waals surface area contributed by atoms with E-state index in [4.69, 9.17) is 4.52 Å². The minimum Gasteiger partial charge on any atom is -0.359 e. The third-order valence-electron chi connectivity index (χ3n) is 4.73. The number of halogens is 1. The van der Waals surface area contributed by atoms with Crippen molar-refractivity contribution in [3.05, 3.63) is 17.5 Å². The summed E-state index contributed by atoms with van der Waals surface area (Å²) in [5, 5.41) is 10.9. The fourth-order valence-electron chi connectivity index (χ4n) is 3.30. The van der Waals surface area contributed by atoms with Crippen molar-refractivity contribution >= 4 is 29.9 Å². The average Bonchev–Trinajstić information content (AvgIpc) is 3.25. The molecule has 1 aromatic heterocycles. The van der Waals surface area contributed by atoms with Crippen LogP contribution < -0.4 is 10.6 Å². The van der Waals surface area contributed by atoms with E-state index in [1.165, 1.54) is 32.4 Å². The Morgan fingerprint density at radius 1 is 1.23 bits per heavy atom. The van der Waals surface area contributed by atoms with E-state index in [1.807, 2.05) is 13.1 Å². The van der Waals surface area contributed by atoms with Crippen LogP contribution in [-0.4, -0.2) is 48.7 Å². The van der Waals surface area contributed by atoms with Gasteiger partial charge >= 0.3 is 0 Å². The number of nitrogens with zero attached hydrogens (tertiary/aromatic N) is 3. The van der Waals surface area contributed by atoms with Crippen molar-refractivity contribution in [3.63, 3.8) is 0 Å². The highest BCUT2D eigenvalue weighted by Crippen LogP contribution is 2.17. The molecule has 150 valence electrons. The molecule has 2 rings (SSSR count). The summed E-state index contributed by atoms with van der Waals surface area (Å²) in [5.74, 6) is 2.73. The lowest BCUT2D eigenvalue weighted by Crippen LogP contribution is -2.46. The van der Waals surface area contributed by atoms with Crippen molar-refractivity contribution in [2.24, 2.45) is 10.9 Å². The first-order chi connectivity index (χ1) is 12.0. The molecule has 2 N–H and O–H groups in total. The monoisotopic (exact) mass is 477 g/mol. The Morgan fingerprint density at radius 3 is 2.46 bits per heavy atom. The maximum Gasteiger partial charge on any atom is 0.191 e. The third kappa shape index (κ3) is 7.42. The number of aromatic nitrogens is 1. The summed E-state index contributed by atoms with van der Waals surface area (Å²) in [4.78, 5) is 6.95. The van der Waals surface area contributed by atoms with Gasteiger partial charge in [0, 0.05) is 25.7 Å². The topological polar surface area (TPSA) is 65.7 Å². The van der Waals surface area contributed by atoms with Crippen LogP contribution in [0.25, 0.3) is 0 Å². The van der Waals surface area contributed by atoms with Crippen LogP contribution in [0.3, 0.4) is 0 Å². The molecule has 1 aliphatic rings. The van der Waals surface area contributed by atoms with Crippen molar-refractivity contribution in [3.8, 4) is 0 Å². The Bertz CT molecular complexity index is 538. The fraction of sp³-hybridized carbons (Fsp3) is 0.789. The van der Waals surface area contributed by atoms with Crippen LogP contribution in [-0.2, 0) is 6.54 Å². The smallest absolute Gasteiger partial charge is 0.191 e. The minimum absolute atomic E-state index is 0. The Kier molecular flexibility index (Phi) is 10.5. The average molecular weight is 477 g/mol. The number of likely N-dealkylation sites (tertiary alicyclic amines) is 1. The van der Waals surface area contributed by atoms with E-state index in [0.717, 1.165) is 24.0 Å². The van der Waals surface area contributed by atoms with E-state index in [2.05, 4.69) is 53.4 Å². The van der Waals surface area contributed by atoms with E-state index in [9.17, 15) is 0 Å². The molecule has 0 spiro atoms. The first kappa shape index (κ1) is 23.2. The van der Waals surface area contributed by atoms with Crippen LogP contribution in [0.4, 0.5) is 0 Å². The molecular formula is C19H36IN5O. The molecule has 6 nitrogen and oxygen atoms in total. The number of guanidine groups is 1. The molecule has 0 aromatic carbocycles. The second-order valence-electron chi connectivity index (χ2n) is 7.71. The molecule has 1 saturated heterocycles. The third-order valence-corrected chi connectivity index (χ3v) is 4.73. The quantitative estimate of drug-likeness (QED) is 0.341. The highest BCUT2D eigenvalue weighted by molar-refractivity contribution is 14.0. The zero-order valence-electron chi connectivity index (χ0n) is 16.9. The SMILES string of the molecule is CN=C(NCc1cc(C(C)C)no1)NCC(CC(C)C)N1CCCC1.I. The fourth-order valence-corrected chi connectivity index (χ4v) is 3.30. The number of aliphatic imine (C=N–C) groups is 1. The maximum atomic E-state index is 5.38. The molecule has 1 aliphatic heterocycles. The van der Waals surface area contributed by atoms with Gasteiger partial charge in [-0.25, -0.2) is 0 Å². The van der Waals surface area contributed by atoms with Gasteiger partial charge in [-0.1, -0.05) is 32.9 Å². The van der Waals surface area contributed by atoms with Gasteiger partial charge in [0.15, 0.2) is 11.7 Å². The van der Waals surface area contributed by atoms with Gasteiger partial charge in [-0.15, -0.1) is 24.0 Å². The van der Waals surface area contributed by atoms with Gasteiger partial charge in [-0.05, 0) is 44.2 Å². The molecule has 1 unspecified atom stereocenters. The Morgan fingerprint density at radius 2 is 1.92 bits per heavy atom. The number of hydrogen-bond donors (Lipinski definition) is 2. The van der Waals surface area contributed by atoms with Gasteiger partial charge in [0.25, 0.3) is 0 Å². The lowest BCUT2D eigenvalue weighted by molar-refractivity contribution is 0.213. The lowest BCUT2D eigenvalue weighted by atomic mass is 10.0. The summed E-state index contributed by atoms with van der Waals surface area (Å²) >= 11 is 0. The summed E-state index contributed by atoms with van der Waals surface area (Å²) in [6.45, 7) is 12.8. The minimum atomic E-state index is 0. The number of rotatable bonds is 8. The summed E-state index contributed by atoms with van der Waals surface area (Å²) in [5.41, 5.74) is 0.991. The van der Waals surface area contributed by atoms with Gasteiger partial charge in [0.05, 0.1) is 12.2 Å². The van der Waals surface area contributed by atoms with Crippen LogP contribution in [0.2, 0.25) is 0 Å². The first-order valence-corrected chi connectivity index (χ1v) is 9.63. The Labute approximate surface area is 175 Å². The maximum absolute atomic E-state index is 5.38. The first-order valence-electron chi connectivity index (χ1n) is 9.63. The standard InChI is InChI=1S/C19H35N5O.HI/c1-14(2)10-16(24-8-6-7-9-24)12-21-19(20-5)22-13-17-11-18(15(3)4)23-25-17;/h11,14-16H,6-10,12-13H2,1-5H3,(H2,20,21,22);1H. The van der Waals surface area contributed by atoms with Crippen molar-refractivity contribution < 1.29 is 4.52 Å². The van der Waals surface area contributed by atoms with Crippen molar-refractivity contribution in [2.75, 3.05) is 26.7 Å². The molecule has 0 amide bonds. The normalized spacial score (nSPS) is 16.8. The van der Waals surface area contributed by atoms with Crippen molar-refractivity contribution in [2.45, 2.75) is 65.5 Å². The molecule has 7 heteroatoms. The van der Waals surface area contributed by atoms with Crippen LogP contribution in [0.5, 0.6) is 0 Å². The van der Waals surface area contributed by atoms with E-state index in [1.54, 1.807) is 0 Å². The largest absolute Gasteiger partial charge is 0.359 e. The summed E-state index contributed by atoms with van der Waals surface area (Å²) in [6.07, 6.45) is 3.86. The highest BCUT2D eigenvalue weighted by Gasteiger charge is 2.22. The molecule has 0 bridgehead atoms. The van der Waals surface area contributed by atoms with Crippen molar-refractivity contribution in [1.82, 2.24) is 20.7 Å². The van der Waals surface area contributed by atoms with Crippen LogP contribution in [0, 0.1) is 5.92 Å². The predicted octanol–water partition coefficient (Wildman–Crippen LogP) is 3.59. The number of hydrogen-bond acceptors (Lipinski definition) is 4. The zero-order chi connectivity index (χ0) is 18.2. The lowest BCUT2D eigenvalue weighted by Gasteiger charge is -2.29. The molecule has 2 heterocycles. The number of nitrogens with one attached hydrogen (secondary N) is 2. The van der Waals surface area contributed by atoms with E-state index >= 15 is 0 Å². The van der Waals surface area contributed by atoms with Crippen molar-refractivity contribution in [1.29, 1.82) is 0 Å². The molecule has 0 aliphatic carbocycles. The van der Waals surface area contributed by atoms with E-state index in [0.29, 0.717) is 24.4 Å².